The van der Waals surface area contributed by atoms with Crippen molar-refractivity contribution in [1.82, 2.24) is 19.7 Å². The maximum atomic E-state index is 14.0. The fraction of sp³-hybridized carbons (Fsp3) is 0.267. The zero-order chi connectivity index (χ0) is 27.4. The topological polar surface area (TPSA) is 91.7 Å². The van der Waals surface area contributed by atoms with E-state index in [2.05, 4.69) is 15.3 Å². The molecule has 1 amide bonds. The van der Waals surface area contributed by atoms with E-state index in [-0.39, 0.29) is 11.7 Å². The zero-order valence-electron chi connectivity index (χ0n) is 22.4. The number of carbonyl (C=O) groups excluding carboxylic acids is 1. The third kappa shape index (κ3) is 4.41. The van der Waals surface area contributed by atoms with E-state index in [0.29, 0.717) is 57.2 Å². The van der Waals surface area contributed by atoms with Gasteiger partial charge in [-0.25, -0.2) is 9.37 Å². The molecule has 0 radical (unpaired) electrons. The Hall–Kier alpha value is -4.17. The predicted molar refractivity (Wildman–Crippen MR) is 146 cm³/mol. The van der Waals surface area contributed by atoms with Crippen LogP contribution in [0, 0.1) is 26.6 Å². The van der Waals surface area contributed by atoms with Crippen LogP contribution in [-0.2, 0) is 5.60 Å². The van der Waals surface area contributed by atoms with Crippen molar-refractivity contribution in [3.8, 4) is 22.6 Å². The van der Waals surface area contributed by atoms with Gasteiger partial charge >= 0.3 is 0 Å². The van der Waals surface area contributed by atoms with Crippen molar-refractivity contribution in [2.24, 2.45) is 0 Å². The van der Waals surface area contributed by atoms with Gasteiger partial charge in [-0.3, -0.25) is 4.79 Å². The molecule has 0 aliphatic carbocycles. The monoisotopic (exact) mass is 514 g/mol. The number of halogens is 1. The number of benzene rings is 2. The van der Waals surface area contributed by atoms with Crippen LogP contribution in [0.15, 0.2) is 48.8 Å². The van der Waals surface area contributed by atoms with Gasteiger partial charge in [-0.1, -0.05) is 6.07 Å². The molecule has 3 heterocycles. The van der Waals surface area contributed by atoms with Gasteiger partial charge in [0.25, 0.3) is 5.91 Å². The maximum Gasteiger partial charge on any atom is 0.267 e. The van der Waals surface area contributed by atoms with Gasteiger partial charge in [0, 0.05) is 41.1 Å². The molecule has 7 nitrogen and oxygen atoms in total. The number of H-pyrrole nitrogens is 1. The van der Waals surface area contributed by atoms with Crippen LogP contribution < -0.4 is 10.1 Å². The Labute approximate surface area is 220 Å². The van der Waals surface area contributed by atoms with Crippen molar-refractivity contribution in [2.45, 2.75) is 47.1 Å². The van der Waals surface area contributed by atoms with Gasteiger partial charge in [-0.05, 0) is 88.6 Å². The number of nitrogens with zero attached hydrogens (tertiary/aromatic N) is 2. The summed E-state index contributed by atoms with van der Waals surface area (Å²) in [6.45, 7) is 11.4. The zero-order valence-corrected chi connectivity index (χ0v) is 22.4. The van der Waals surface area contributed by atoms with Gasteiger partial charge in [0.05, 0.1) is 11.1 Å². The average molecular weight is 515 g/mol. The van der Waals surface area contributed by atoms with Crippen LogP contribution in [0.5, 0.6) is 11.5 Å². The van der Waals surface area contributed by atoms with Gasteiger partial charge in [-0.15, -0.1) is 0 Å². The van der Waals surface area contributed by atoms with E-state index in [9.17, 15) is 14.3 Å². The van der Waals surface area contributed by atoms with Crippen LogP contribution in [0.1, 0.15) is 53.6 Å². The number of aliphatic hydroxyl groups is 1. The smallest absolute Gasteiger partial charge is 0.267 e. The molecule has 0 spiro atoms. The lowest BCUT2D eigenvalue weighted by Gasteiger charge is -2.22. The number of aromatic amines is 1. The van der Waals surface area contributed by atoms with Gasteiger partial charge in [0.2, 0.25) is 0 Å². The van der Waals surface area contributed by atoms with E-state index in [1.165, 1.54) is 12.1 Å². The average Bonchev–Trinajstić information content (AvgIpc) is 3.44. The van der Waals surface area contributed by atoms with Crippen molar-refractivity contribution in [1.29, 1.82) is 0 Å². The van der Waals surface area contributed by atoms with Crippen molar-refractivity contribution in [3.63, 3.8) is 0 Å². The molecule has 0 saturated heterocycles. The minimum Gasteiger partial charge on any atom is -0.456 e. The number of imidazole rings is 1. The standard InChI is InChI=1S/C30H31FN4O3/c1-7-32-29(36)24-13-22-23(15-35-18(4)14-33-28(35)26(22)34-24)21-12-19(30(5,6)37)8-9-25(21)38-27-16(2)10-20(31)11-17(27)3/h8-15,34,37H,7H2,1-6H3,(H,32,36). The summed E-state index contributed by atoms with van der Waals surface area (Å²) >= 11 is 0. The molecule has 5 aromatic rings. The number of pyridine rings is 1. The van der Waals surface area contributed by atoms with Crippen LogP contribution in [-0.4, -0.2) is 31.9 Å². The first-order chi connectivity index (χ1) is 18.0. The summed E-state index contributed by atoms with van der Waals surface area (Å²) < 4.78 is 22.4. The molecular weight excluding hydrogens is 483 g/mol. The maximum absolute atomic E-state index is 14.0. The Morgan fingerprint density at radius 3 is 2.50 bits per heavy atom. The molecule has 0 aliphatic rings. The Morgan fingerprint density at radius 2 is 1.84 bits per heavy atom. The number of aryl methyl sites for hydroxylation is 3. The third-order valence-electron chi connectivity index (χ3n) is 6.77. The lowest BCUT2D eigenvalue weighted by Crippen LogP contribution is -2.22. The molecule has 3 aromatic heterocycles. The van der Waals surface area contributed by atoms with Crippen molar-refractivity contribution >= 4 is 22.5 Å². The first-order valence-electron chi connectivity index (χ1n) is 12.6. The fourth-order valence-electron chi connectivity index (χ4n) is 4.81. The largest absolute Gasteiger partial charge is 0.456 e. The molecule has 196 valence electrons. The molecule has 0 fully saturated rings. The number of carbonyl (C=O) groups is 1. The third-order valence-corrected chi connectivity index (χ3v) is 6.77. The first kappa shape index (κ1) is 25.5. The minimum atomic E-state index is -1.10. The summed E-state index contributed by atoms with van der Waals surface area (Å²) in [5, 5.41) is 14.5. The molecule has 38 heavy (non-hydrogen) atoms. The first-order valence-corrected chi connectivity index (χ1v) is 12.6. The van der Waals surface area contributed by atoms with Crippen LogP contribution in [0.2, 0.25) is 0 Å². The molecule has 0 saturated carbocycles. The molecule has 0 aliphatic heterocycles. The summed E-state index contributed by atoms with van der Waals surface area (Å²) in [7, 11) is 0. The van der Waals surface area contributed by atoms with Crippen LogP contribution >= 0.6 is 0 Å². The van der Waals surface area contributed by atoms with E-state index in [4.69, 9.17) is 4.74 Å². The number of rotatable bonds is 6. The van der Waals surface area contributed by atoms with E-state index in [1.807, 2.05) is 48.7 Å². The van der Waals surface area contributed by atoms with Crippen molar-refractivity contribution < 1.29 is 19.0 Å². The number of hydrogen-bond donors (Lipinski definition) is 3. The van der Waals surface area contributed by atoms with Crippen molar-refractivity contribution in [3.05, 3.63) is 82.7 Å². The number of aromatic nitrogens is 3. The highest BCUT2D eigenvalue weighted by Gasteiger charge is 2.23. The number of nitrogens with one attached hydrogen (secondary N) is 2. The summed E-state index contributed by atoms with van der Waals surface area (Å²) in [6, 6.07) is 10.2. The minimum absolute atomic E-state index is 0.213. The van der Waals surface area contributed by atoms with E-state index in [1.54, 1.807) is 33.9 Å². The molecule has 0 atom stereocenters. The SMILES string of the molecule is CCNC(=O)c1cc2c(-c3cc(C(C)(C)O)ccc3Oc3c(C)cc(F)cc3C)cn3c(C)cnc3c2[nH]1. The second-order valence-corrected chi connectivity index (χ2v) is 10.2. The number of hydrogen-bond acceptors (Lipinski definition) is 4. The highest BCUT2D eigenvalue weighted by atomic mass is 19.1. The summed E-state index contributed by atoms with van der Waals surface area (Å²) in [5.74, 6) is 0.570. The number of ether oxygens (including phenoxy) is 1. The van der Waals surface area contributed by atoms with Gasteiger partial charge in [0.15, 0.2) is 5.65 Å². The molecule has 2 aromatic carbocycles. The number of amides is 1. The quantitative estimate of drug-likeness (QED) is 0.247. The van der Waals surface area contributed by atoms with Crippen LogP contribution in [0.25, 0.3) is 27.7 Å². The summed E-state index contributed by atoms with van der Waals surface area (Å²) in [5.41, 5.74) is 5.20. The Bertz CT molecular complexity index is 1690. The Balaban J connectivity index is 1.81. The lowest BCUT2D eigenvalue weighted by molar-refractivity contribution is 0.0786. The highest BCUT2D eigenvalue weighted by molar-refractivity contribution is 6.07. The molecular formula is C30H31FN4O3. The van der Waals surface area contributed by atoms with E-state index >= 15 is 0 Å². The van der Waals surface area contributed by atoms with E-state index in [0.717, 1.165) is 16.6 Å². The van der Waals surface area contributed by atoms with Crippen LogP contribution in [0.3, 0.4) is 0 Å². The normalized spacial score (nSPS) is 11.9. The summed E-state index contributed by atoms with van der Waals surface area (Å²) in [6.07, 6.45) is 3.75. The molecule has 8 heteroatoms. The van der Waals surface area contributed by atoms with Crippen molar-refractivity contribution in [2.75, 3.05) is 6.54 Å². The van der Waals surface area contributed by atoms with Crippen LogP contribution in [0.4, 0.5) is 4.39 Å². The van der Waals surface area contributed by atoms with Gasteiger partial charge in [0.1, 0.15) is 23.0 Å². The molecule has 3 N–H and O–H groups in total. The second kappa shape index (κ2) is 9.29. The molecule has 0 unspecified atom stereocenters. The van der Waals surface area contributed by atoms with Gasteiger partial charge in [-0.2, -0.15) is 0 Å². The molecule has 5 rings (SSSR count). The molecule has 0 bridgehead atoms. The van der Waals surface area contributed by atoms with E-state index < -0.39 is 5.60 Å². The highest BCUT2D eigenvalue weighted by Crippen LogP contribution is 2.42. The fourth-order valence-corrected chi connectivity index (χ4v) is 4.81. The second-order valence-electron chi connectivity index (χ2n) is 10.2. The predicted octanol–water partition coefficient (Wildman–Crippen LogP) is 6.32. The Morgan fingerprint density at radius 1 is 1.13 bits per heavy atom. The van der Waals surface area contributed by atoms with Gasteiger partial charge < -0.3 is 24.5 Å². The Kier molecular flexibility index (Phi) is 6.23. The number of fused-ring (bicyclic) bond motifs is 3. The summed E-state index contributed by atoms with van der Waals surface area (Å²) in [4.78, 5) is 20.6. The lowest BCUT2D eigenvalue weighted by atomic mass is 9.93.